The van der Waals surface area contributed by atoms with Crippen LogP contribution in [0.2, 0.25) is 5.02 Å². The molecule has 0 bridgehead atoms. The van der Waals surface area contributed by atoms with E-state index < -0.39 is 0 Å². The highest BCUT2D eigenvalue weighted by Gasteiger charge is 2.21. The molecule has 0 aromatic heterocycles. The first-order valence-electron chi connectivity index (χ1n) is 6.56. The molecule has 1 unspecified atom stereocenters. The Morgan fingerprint density at radius 2 is 1.95 bits per heavy atom. The minimum absolute atomic E-state index is 0.167. The Balaban J connectivity index is 1.65. The van der Waals surface area contributed by atoms with E-state index in [1.165, 1.54) is 17.2 Å². The minimum Gasteiger partial charge on any atom is -0.309 e. The fourth-order valence-electron chi connectivity index (χ4n) is 2.66. The van der Waals surface area contributed by atoms with E-state index in [4.69, 9.17) is 11.6 Å². The summed E-state index contributed by atoms with van der Waals surface area (Å²) in [5.74, 6) is -0.167. The van der Waals surface area contributed by atoms with Gasteiger partial charge in [-0.3, -0.25) is 0 Å². The van der Waals surface area contributed by atoms with E-state index in [9.17, 15) is 4.39 Å². The average molecular weight is 355 g/mol. The highest BCUT2D eigenvalue weighted by atomic mass is 79.9. The van der Waals surface area contributed by atoms with Crippen LogP contribution in [0.15, 0.2) is 40.9 Å². The molecular weight excluding hydrogens is 341 g/mol. The lowest BCUT2D eigenvalue weighted by Gasteiger charge is -2.12. The zero-order valence-electron chi connectivity index (χ0n) is 10.8. The first-order chi connectivity index (χ1) is 9.61. The molecule has 0 aliphatic heterocycles. The maximum absolute atomic E-state index is 13.7. The van der Waals surface area contributed by atoms with Gasteiger partial charge in [-0.15, -0.1) is 0 Å². The molecule has 1 atom stereocenters. The molecule has 0 radical (unpaired) electrons. The second kappa shape index (κ2) is 5.84. The summed E-state index contributed by atoms with van der Waals surface area (Å²) in [7, 11) is 0. The number of rotatable bonds is 3. The molecule has 20 heavy (non-hydrogen) atoms. The molecule has 0 amide bonds. The van der Waals surface area contributed by atoms with Crippen molar-refractivity contribution < 1.29 is 4.39 Å². The maximum Gasteiger partial charge on any atom is 0.127 e. The number of hydrogen-bond donors (Lipinski definition) is 1. The fraction of sp³-hybridized carbons (Fsp3) is 0.250. The summed E-state index contributed by atoms with van der Waals surface area (Å²) in [5, 5.41) is 4.21. The highest BCUT2D eigenvalue weighted by Crippen LogP contribution is 2.25. The zero-order chi connectivity index (χ0) is 14.1. The summed E-state index contributed by atoms with van der Waals surface area (Å²) in [5.41, 5.74) is 3.32. The van der Waals surface area contributed by atoms with Crippen LogP contribution < -0.4 is 5.32 Å². The quantitative estimate of drug-likeness (QED) is 0.856. The number of benzene rings is 2. The maximum atomic E-state index is 13.7. The number of hydrogen-bond acceptors (Lipinski definition) is 1. The van der Waals surface area contributed by atoms with Gasteiger partial charge in [-0.25, -0.2) is 4.39 Å². The number of halogens is 3. The van der Waals surface area contributed by atoms with Crippen LogP contribution in [0.25, 0.3) is 0 Å². The Labute approximate surface area is 131 Å². The van der Waals surface area contributed by atoms with E-state index in [1.54, 1.807) is 6.07 Å². The molecule has 2 aromatic rings. The summed E-state index contributed by atoms with van der Waals surface area (Å²) in [6, 6.07) is 11.4. The third kappa shape index (κ3) is 3.05. The van der Waals surface area contributed by atoms with Gasteiger partial charge in [0.05, 0.1) is 0 Å². The molecule has 1 aliphatic carbocycles. The largest absolute Gasteiger partial charge is 0.309 e. The molecule has 0 heterocycles. The van der Waals surface area contributed by atoms with Crippen LogP contribution >= 0.6 is 27.5 Å². The van der Waals surface area contributed by atoms with Crippen LogP contribution in [0.4, 0.5) is 4.39 Å². The molecule has 104 valence electrons. The first kappa shape index (κ1) is 14.1. The van der Waals surface area contributed by atoms with Gasteiger partial charge in [0.2, 0.25) is 0 Å². The molecule has 0 spiro atoms. The minimum atomic E-state index is -0.167. The highest BCUT2D eigenvalue weighted by molar-refractivity contribution is 9.10. The molecule has 2 aromatic carbocycles. The fourth-order valence-corrected chi connectivity index (χ4v) is 3.27. The van der Waals surface area contributed by atoms with E-state index >= 15 is 0 Å². The predicted molar refractivity (Wildman–Crippen MR) is 83.6 cm³/mol. The van der Waals surface area contributed by atoms with E-state index in [1.807, 2.05) is 18.2 Å². The van der Waals surface area contributed by atoms with E-state index in [0.717, 1.165) is 22.3 Å². The Hall–Kier alpha value is -0.900. The molecule has 0 saturated heterocycles. The monoisotopic (exact) mass is 353 g/mol. The summed E-state index contributed by atoms with van der Waals surface area (Å²) < 4.78 is 14.6. The first-order valence-corrected chi connectivity index (χ1v) is 7.73. The lowest BCUT2D eigenvalue weighted by molar-refractivity contribution is 0.515. The van der Waals surface area contributed by atoms with Gasteiger partial charge in [0.15, 0.2) is 0 Å². The summed E-state index contributed by atoms with van der Waals surface area (Å²) in [6.45, 7) is 0.539. The van der Waals surface area contributed by atoms with Crippen molar-refractivity contribution in [3.05, 3.63) is 68.4 Å². The summed E-state index contributed by atoms with van der Waals surface area (Å²) in [4.78, 5) is 0. The van der Waals surface area contributed by atoms with Gasteiger partial charge >= 0.3 is 0 Å². The van der Waals surface area contributed by atoms with Crippen molar-refractivity contribution >= 4 is 27.5 Å². The van der Waals surface area contributed by atoms with Crippen molar-refractivity contribution in [2.24, 2.45) is 0 Å². The molecular formula is C16H14BrClFN. The lowest BCUT2D eigenvalue weighted by Crippen LogP contribution is -2.29. The Kier molecular flexibility index (Phi) is 4.11. The Morgan fingerprint density at radius 1 is 1.15 bits per heavy atom. The standard InChI is InChI=1S/C16H14BrClFN/c17-13-2-4-16(19)12(5-13)9-20-15-7-10-1-3-14(18)6-11(10)8-15/h1-6,15,20H,7-9H2. The zero-order valence-corrected chi connectivity index (χ0v) is 13.1. The normalized spacial score (nSPS) is 17.2. The number of nitrogens with one attached hydrogen (secondary N) is 1. The van der Waals surface area contributed by atoms with Crippen LogP contribution in [-0.2, 0) is 19.4 Å². The van der Waals surface area contributed by atoms with Gasteiger partial charge in [0.1, 0.15) is 5.82 Å². The van der Waals surface area contributed by atoms with E-state index in [0.29, 0.717) is 18.2 Å². The van der Waals surface area contributed by atoms with Crippen molar-refractivity contribution in [2.75, 3.05) is 0 Å². The molecule has 0 saturated carbocycles. The van der Waals surface area contributed by atoms with Crippen molar-refractivity contribution in [1.29, 1.82) is 0 Å². The predicted octanol–water partition coefficient (Wildman–Crippen LogP) is 4.50. The summed E-state index contributed by atoms with van der Waals surface area (Å²) in [6.07, 6.45) is 1.92. The van der Waals surface area contributed by atoms with E-state index in [2.05, 4.69) is 27.3 Å². The lowest BCUT2D eigenvalue weighted by atomic mass is 10.1. The van der Waals surface area contributed by atoms with Gasteiger partial charge in [-0.2, -0.15) is 0 Å². The van der Waals surface area contributed by atoms with Gasteiger partial charge in [-0.1, -0.05) is 33.6 Å². The molecule has 0 fully saturated rings. The molecule has 4 heteroatoms. The smallest absolute Gasteiger partial charge is 0.127 e. The van der Waals surface area contributed by atoms with Crippen LogP contribution in [0.3, 0.4) is 0 Å². The third-order valence-corrected chi connectivity index (χ3v) is 4.42. The van der Waals surface area contributed by atoms with Crippen molar-refractivity contribution in [3.63, 3.8) is 0 Å². The van der Waals surface area contributed by atoms with Crippen LogP contribution in [-0.4, -0.2) is 6.04 Å². The topological polar surface area (TPSA) is 12.0 Å². The van der Waals surface area contributed by atoms with Crippen molar-refractivity contribution in [2.45, 2.75) is 25.4 Å². The Bertz CT molecular complexity index is 644. The summed E-state index contributed by atoms with van der Waals surface area (Å²) >= 11 is 9.38. The second-order valence-corrected chi connectivity index (χ2v) is 6.49. The molecule has 1 N–H and O–H groups in total. The van der Waals surface area contributed by atoms with Crippen LogP contribution in [0.5, 0.6) is 0 Å². The van der Waals surface area contributed by atoms with Gasteiger partial charge in [0.25, 0.3) is 0 Å². The van der Waals surface area contributed by atoms with Crippen LogP contribution in [0.1, 0.15) is 16.7 Å². The molecule has 3 rings (SSSR count). The SMILES string of the molecule is Fc1ccc(Br)cc1CNC1Cc2ccc(Cl)cc2C1. The van der Waals surface area contributed by atoms with Crippen LogP contribution in [0, 0.1) is 5.82 Å². The molecule has 1 nitrogen and oxygen atoms in total. The molecule has 1 aliphatic rings. The third-order valence-electron chi connectivity index (χ3n) is 3.69. The van der Waals surface area contributed by atoms with Crippen molar-refractivity contribution in [1.82, 2.24) is 5.32 Å². The van der Waals surface area contributed by atoms with Gasteiger partial charge < -0.3 is 5.32 Å². The van der Waals surface area contributed by atoms with Gasteiger partial charge in [0, 0.05) is 27.6 Å². The van der Waals surface area contributed by atoms with Gasteiger partial charge in [-0.05, 0) is 54.3 Å². The average Bonchev–Trinajstić information content (AvgIpc) is 2.81. The van der Waals surface area contributed by atoms with E-state index in [-0.39, 0.29) is 5.82 Å². The van der Waals surface area contributed by atoms with Crippen molar-refractivity contribution in [3.8, 4) is 0 Å². The number of fused-ring (bicyclic) bond motifs is 1. The second-order valence-electron chi connectivity index (χ2n) is 5.13. The Morgan fingerprint density at radius 3 is 2.80 bits per heavy atom.